The van der Waals surface area contributed by atoms with Gasteiger partial charge in [-0.15, -0.1) is 0 Å². The lowest BCUT2D eigenvalue weighted by Crippen LogP contribution is -2.35. The maximum Gasteiger partial charge on any atom is 0.406 e. The van der Waals surface area contributed by atoms with Crippen LogP contribution in [0.5, 0.6) is 5.75 Å². The van der Waals surface area contributed by atoms with Crippen molar-refractivity contribution in [2.45, 2.75) is 18.9 Å². The number of benzene rings is 1. The van der Waals surface area contributed by atoms with Crippen LogP contribution in [-0.2, 0) is 4.79 Å². The lowest BCUT2D eigenvalue weighted by molar-refractivity contribution is -0.390. The lowest BCUT2D eigenvalue weighted by Gasteiger charge is -2.24. The number of likely N-dealkylation sites (tertiary alicyclic amines) is 1. The Balaban J connectivity index is 1.93. The number of ether oxygens (including phenoxy) is 1. The molecule has 2 heterocycles. The second-order valence-electron chi connectivity index (χ2n) is 5.52. The molecule has 1 atom stereocenters. The van der Waals surface area contributed by atoms with Crippen LogP contribution in [0.1, 0.15) is 24.5 Å². The lowest BCUT2D eigenvalue weighted by atomic mass is 10.1. The molecular weight excluding hydrogens is 310 g/mol. The van der Waals surface area contributed by atoms with Crippen LogP contribution in [0.15, 0.2) is 48.7 Å². The number of rotatable bonds is 5. The van der Waals surface area contributed by atoms with Crippen LogP contribution in [0.3, 0.4) is 0 Å². The molecular formula is C17H17N3O4. The fourth-order valence-corrected chi connectivity index (χ4v) is 2.73. The van der Waals surface area contributed by atoms with Gasteiger partial charge in [-0.1, -0.05) is 30.3 Å². The predicted octanol–water partition coefficient (Wildman–Crippen LogP) is 2.73. The molecule has 7 heteroatoms. The molecule has 0 aliphatic carbocycles. The molecule has 24 heavy (non-hydrogen) atoms. The van der Waals surface area contributed by atoms with E-state index in [9.17, 15) is 14.9 Å². The first-order valence-corrected chi connectivity index (χ1v) is 7.76. The van der Waals surface area contributed by atoms with Gasteiger partial charge in [-0.25, -0.2) is 0 Å². The summed E-state index contributed by atoms with van der Waals surface area (Å²) < 4.78 is 5.77. The third-order valence-corrected chi connectivity index (χ3v) is 3.91. The first-order valence-electron chi connectivity index (χ1n) is 7.76. The average molecular weight is 327 g/mol. The summed E-state index contributed by atoms with van der Waals surface area (Å²) >= 11 is 0. The van der Waals surface area contributed by atoms with Crippen LogP contribution in [-0.4, -0.2) is 33.8 Å². The van der Waals surface area contributed by atoms with E-state index in [1.54, 1.807) is 35.2 Å². The third-order valence-electron chi connectivity index (χ3n) is 3.91. The van der Waals surface area contributed by atoms with Gasteiger partial charge in [0.1, 0.15) is 6.20 Å². The van der Waals surface area contributed by atoms with Crippen LogP contribution in [0.25, 0.3) is 0 Å². The number of nitro groups is 1. The van der Waals surface area contributed by atoms with E-state index in [1.807, 2.05) is 6.07 Å². The van der Waals surface area contributed by atoms with Crippen LogP contribution < -0.4 is 4.74 Å². The van der Waals surface area contributed by atoms with Gasteiger partial charge < -0.3 is 19.8 Å². The van der Waals surface area contributed by atoms with Gasteiger partial charge in [0, 0.05) is 18.7 Å². The molecule has 3 rings (SSSR count). The molecule has 0 unspecified atom stereocenters. The van der Waals surface area contributed by atoms with E-state index in [-0.39, 0.29) is 11.7 Å². The number of amides is 1. The predicted molar refractivity (Wildman–Crippen MR) is 86.5 cm³/mol. The Morgan fingerprint density at radius 3 is 2.54 bits per heavy atom. The van der Waals surface area contributed by atoms with Gasteiger partial charge in [0.15, 0.2) is 0 Å². The SMILES string of the molecule is O=C([C@@H](Oc1cccnc1[N+](=O)[O-])c1ccccc1)N1CCCC1. The average Bonchev–Trinajstić information content (AvgIpc) is 3.15. The van der Waals surface area contributed by atoms with Gasteiger partial charge in [0.2, 0.25) is 11.9 Å². The fourth-order valence-electron chi connectivity index (χ4n) is 2.73. The second kappa shape index (κ2) is 7.08. The Hall–Kier alpha value is -2.96. The highest BCUT2D eigenvalue weighted by Crippen LogP contribution is 2.30. The minimum absolute atomic E-state index is 0.0103. The van der Waals surface area contributed by atoms with E-state index in [4.69, 9.17) is 4.74 Å². The summed E-state index contributed by atoms with van der Waals surface area (Å²) in [6.45, 7) is 1.36. The Labute approximate surface area is 139 Å². The molecule has 1 fully saturated rings. The van der Waals surface area contributed by atoms with E-state index in [1.165, 1.54) is 12.3 Å². The van der Waals surface area contributed by atoms with Crippen molar-refractivity contribution in [3.05, 3.63) is 64.3 Å². The van der Waals surface area contributed by atoms with Crippen LogP contribution in [0.2, 0.25) is 0 Å². The van der Waals surface area contributed by atoms with Crippen molar-refractivity contribution in [3.8, 4) is 5.75 Å². The zero-order valence-electron chi connectivity index (χ0n) is 13.0. The summed E-state index contributed by atoms with van der Waals surface area (Å²) in [5.41, 5.74) is 0.660. The molecule has 0 spiro atoms. The summed E-state index contributed by atoms with van der Waals surface area (Å²) in [4.78, 5) is 28.8. The molecule has 2 aromatic rings. The Morgan fingerprint density at radius 2 is 1.88 bits per heavy atom. The van der Waals surface area contributed by atoms with E-state index in [0.717, 1.165) is 12.8 Å². The van der Waals surface area contributed by atoms with Crippen molar-refractivity contribution in [2.75, 3.05) is 13.1 Å². The standard InChI is InChI=1S/C17H17N3O4/c21-17(19-11-4-5-12-19)15(13-7-2-1-3-8-13)24-14-9-6-10-18-16(14)20(22)23/h1-3,6-10,15H,4-5,11-12H2/t15-/m0/s1. The molecule has 1 aliphatic rings. The number of carbonyl (C=O) groups is 1. The molecule has 1 amide bonds. The number of carbonyl (C=O) groups excluding carboxylic acids is 1. The van der Waals surface area contributed by atoms with E-state index < -0.39 is 16.8 Å². The van der Waals surface area contributed by atoms with Gasteiger partial charge >= 0.3 is 5.82 Å². The topological polar surface area (TPSA) is 85.6 Å². The second-order valence-corrected chi connectivity index (χ2v) is 5.52. The molecule has 0 N–H and O–H groups in total. The zero-order valence-corrected chi connectivity index (χ0v) is 13.0. The number of hydrogen-bond acceptors (Lipinski definition) is 5. The van der Waals surface area contributed by atoms with Gasteiger partial charge in [-0.05, 0) is 34.9 Å². The van der Waals surface area contributed by atoms with Crippen molar-refractivity contribution in [2.24, 2.45) is 0 Å². The largest absolute Gasteiger partial charge is 0.467 e. The number of aromatic nitrogens is 1. The van der Waals surface area contributed by atoms with Crippen molar-refractivity contribution in [1.29, 1.82) is 0 Å². The first-order chi connectivity index (χ1) is 11.7. The van der Waals surface area contributed by atoms with E-state index >= 15 is 0 Å². The number of pyridine rings is 1. The third kappa shape index (κ3) is 3.34. The monoisotopic (exact) mass is 327 g/mol. The molecule has 124 valence electrons. The highest BCUT2D eigenvalue weighted by molar-refractivity contribution is 5.83. The normalized spacial score (nSPS) is 15.1. The smallest absolute Gasteiger partial charge is 0.406 e. The van der Waals surface area contributed by atoms with Crippen molar-refractivity contribution < 1.29 is 14.5 Å². The highest BCUT2D eigenvalue weighted by atomic mass is 16.6. The summed E-state index contributed by atoms with van der Waals surface area (Å²) in [7, 11) is 0. The Kier molecular flexibility index (Phi) is 4.69. The van der Waals surface area contributed by atoms with Crippen LogP contribution >= 0.6 is 0 Å². The number of nitrogens with zero attached hydrogens (tertiary/aromatic N) is 3. The molecule has 0 radical (unpaired) electrons. The van der Waals surface area contributed by atoms with E-state index in [2.05, 4.69) is 4.98 Å². The highest BCUT2D eigenvalue weighted by Gasteiger charge is 2.31. The minimum Gasteiger partial charge on any atom is -0.467 e. The quantitative estimate of drug-likeness (QED) is 0.622. The summed E-state index contributed by atoms with van der Waals surface area (Å²) in [5.74, 6) is -0.589. The van der Waals surface area contributed by atoms with Crippen LogP contribution in [0, 0.1) is 10.1 Å². The molecule has 1 saturated heterocycles. The van der Waals surface area contributed by atoms with Crippen molar-refractivity contribution >= 4 is 11.7 Å². The molecule has 1 aromatic heterocycles. The number of hydrogen-bond donors (Lipinski definition) is 0. The van der Waals surface area contributed by atoms with Crippen molar-refractivity contribution in [1.82, 2.24) is 9.88 Å². The minimum atomic E-state index is -0.924. The summed E-state index contributed by atoms with van der Waals surface area (Å²) in [5, 5.41) is 11.1. The first kappa shape index (κ1) is 15.9. The molecule has 0 bridgehead atoms. The maximum absolute atomic E-state index is 12.8. The van der Waals surface area contributed by atoms with Gasteiger partial charge in [0.25, 0.3) is 5.91 Å². The fraction of sp³-hybridized carbons (Fsp3) is 0.294. The maximum atomic E-state index is 12.8. The van der Waals surface area contributed by atoms with Gasteiger partial charge in [-0.2, -0.15) is 0 Å². The summed E-state index contributed by atoms with van der Waals surface area (Å²) in [6.07, 6.45) is 2.32. The van der Waals surface area contributed by atoms with Crippen LogP contribution in [0.4, 0.5) is 5.82 Å². The molecule has 1 aliphatic heterocycles. The summed E-state index contributed by atoms with van der Waals surface area (Å²) in [6, 6.07) is 12.0. The molecule has 1 aromatic carbocycles. The van der Waals surface area contributed by atoms with E-state index in [0.29, 0.717) is 18.7 Å². The Morgan fingerprint density at radius 1 is 1.17 bits per heavy atom. The Bertz CT molecular complexity index is 730. The molecule has 0 saturated carbocycles. The molecule has 7 nitrogen and oxygen atoms in total. The van der Waals surface area contributed by atoms with Crippen molar-refractivity contribution in [3.63, 3.8) is 0 Å². The van der Waals surface area contributed by atoms with Gasteiger partial charge in [-0.3, -0.25) is 4.79 Å². The zero-order chi connectivity index (χ0) is 16.9. The van der Waals surface area contributed by atoms with Gasteiger partial charge in [0.05, 0.1) is 0 Å².